The van der Waals surface area contributed by atoms with Crippen molar-refractivity contribution in [2.24, 2.45) is 5.41 Å². The van der Waals surface area contributed by atoms with Gasteiger partial charge in [0.1, 0.15) is 11.6 Å². The number of halogens is 3. The van der Waals surface area contributed by atoms with E-state index in [0.29, 0.717) is 24.8 Å². The molecule has 1 aromatic rings. The zero-order valence-electron chi connectivity index (χ0n) is 9.42. The summed E-state index contributed by atoms with van der Waals surface area (Å²) < 4.78 is 48.9. The van der Waals surface area contributed by atoms with Gasteiger partial charge < -0.3 is 0 Å². The Morgan fingerprint density at radius 3 is 2.39 bits per heavy atom. The van der Waals surface area contributed by atoms with E-state index in [0.717, 1.165) is 12.1 Å². The summed E-state index contributed by atoms with van der Waals surface area (Å²) in [7, 11) is 1.71. The molecule has 0 atom stereocenters. The Morgan fingerprint density at radius 2 is 1.83 bits per heavy atom. The van der Waals surface area contributed by atoms with Gasteiger partial charge in [0.2, 0.25) is 9.05 Å². The van der Waals surface area contributed by atoms with Gasteiger partial charge in [-0.15, -0.1) is 0 Å². The third-order valence-corrected chi connectivity index (χ3v) is 5.40. The fraction of sp³-hybridized carbons (Fsp3) is 0.500. The van der Waals surface area contributed by atoms with Crippen LogP contribution in [0.2, 0.25) is 0 Å². The Hall–Kier alpha value is -0.680. The third kappa shape index (κ3) is 1.75. The molecule has 0 aliphatic heterocycles. The summed E-state index contributed by atoms with van der Waals surface area (Å²) in [5, 5.41) is 0. The van der Waals surface area contributed by atoms with Crippen LogP contribution in [0.4, 0.5) is 8.78 Å². The first-order valence-electron chi connectivity index (χ1n) is 5.62. The maximum atomic E-state index is 13.7. The maximum absolute atomic E-state index is 13.7. The summed E-state index contributed by atoms with van der Waals surface area (Å²) in [6.07, 6.45) is 1.73. The molecule has 0 saturated heterocycles. The Morgan fingerprint density at radius 1 is 1.22 bits per heavy atom. The lowest BCUT2D eigenvalue weighted by atomic mass is 9.34. The molecule has 1 aromatic carbocycles. The van der Waals surface area contributed by atoms with E-state index in [1.54, 1.807) is 0 Å². The fourth-order valence-corrected chi connectivity index (χ4v) is 5.44. The van der Waals surface area contributed by atoms with Gasteiger partial charge in [-0.1, -0.05) is 0 Å². The molecule has 0 spiro atoms. The standard InChI is InChI=1S/C12H11ClF2O2S/c13-18(16,17)7-11-4-12(5-11,6-11)9-3-8(14)1-2-10(9)15/h1-3H,4-7H2. The molecule has 3 fully saturated rings. The van der Waals surface area contributed by atoms with Crippen molar-refractivity contribution in [2.75, 3.05) is 5.75 Å². The highest BCUT2D eigenvalue weighted by molar-refractivity contribution is 8.13. The molecule has 0 radical (unpaired) electrons. The van der Waals surface area contributed by atoms with E-state index in [2.05, 4.69) is 0 Å². The normalized spacial score (nSPS) is 33.7. The van der Waals surface area contributed by atoms with E-state index in [4.69, 9.17) is 10.7 Å². The molecule has 0 aromatic heterocycles. The average molecular weight is 293 g/mol. The first kappa shape index (κ1) is 12.4. The molecular formula is C12H11ClF2O2S. The summed E-state index contributed by atoms with van der Waals surface area (Å²) in [6, 6.07) is 3.42. The van der Waals surface area contributed by atoms with Gasteiger partial charge in [-0.05, 0) is 53.9 Å². The summed E-state index contributed by atoms with van der Waals surface area (Å²) in [4.78, 5) is 0. The van der Waals surface area contributed by atoms with Crippen molar-refractivity contribution in [2.45, 2.75) is 24.7 Å². The highest BCUT2D eigenvalue weighted by atomic mass is 35.7. The molecule has 0 unspecified atom stereocenters. The lowest BCUT2D eigenvalue weighted by molar-refractivity contribution is -0.124. The van der Waals surface area contributed by atoms with Crippen LogP contribution in [-0.2, 0) is 14.5 Å². The highest BCUT2D eigenvalue weighted by Crippen LogP contribution is 2.74. The van der Waals surface area contributed by atoms with Crippen molar-refractivity contribution < 1.29 is 17.2 Å². The van der Waals surface area contributed by atoms with Gasteiger partial charge in [0.05, 0.1) is 5.75 Å². The van der Waals surface area contributed by atoms with Gasteiger partial charge in [0.15, 0.2) is 0 Å². The smallest absolute Gasteiger partial charge is 0.212 e. The lowest BCUT2D eigenvalue weighted by Gasteiger charge is -2.70. The summed E-state index contributed by atoms with van der Waals surface area (Å²) in [6.45, 7) is 0. The molecule has 0 amide bonds. The summed E-state index contributed by atoms with van der Waals surface area (Å²) in [5.74, 6) is -0.950. The molecule has 3 aliphatic rings. The van der Waals surface area contributed by atoms with Gasteiger partial charge in [-0.2, -0.15) is 0 Å². The molecule has 3 saturated carbocycles. The fourth-order valence-electron chi connectivity index (χ4n) is 3.71. The maximum Gasteiger partial charge on any atom is 0.233 e. The third-order valence-electron chi connectivity index (χ3n) is 4.12. The second kappa shape index (κ2) is 3.45. The van der Waals surface area contributed by atoms with Crippen LogP contribution >= 0.6 is 10.7 Å². The minimum Gasteiger partial charge on any atom is -0.212 e. The predicted octanol–water partition coefficient (Wildman–Crippen LogP) is 2.96. The van der Waals surface area contributed by atoms with Gasteiger partial charge in [0, 0.05) is 10.7 Å². The first-order valence-corrected chi connectivity index (χ1v) is 8.10. The van der Waals surface area contributed by atoms with E-state index in [1.807, 2.05) is 0 Å². The van der Waals surface area contributed by atoms with Crippen LogP contribution in [-0.4, -0.2) is 14.2 Å². The second-order valence-corrected chi connectivity index (χ2v) is 8.39. The monoisotopic (exact) mass is 292 g/mol. The molecule has 18 heavy (non-hydrogen) atoms. The molecule has 2 bridgehead atoms. The van der Waals surface area contributed by atoms with E-state index < -0.39 is 20.7 Å². The molecule has 0 N–H and O–H groups in total. The van der Waals surface area contributed by atoms with E-state index in [9.17, 15) is 17.2 Å². The van der Waals surface area contributed by atoms with Crippen LogP contribution < -0.4 is 0 Å². The number of benzene rings is 1. The molecule has 3 aliphatic carbocycles. The largest absolute Gasteiger partial charge is 0.233 e. The molecular weight excluding hydrogens is 282 g/mol. The highest BCUT2D eigenvalue weighted by Gasteiger charge is 2.69. The van der Waals surface area contributed by atoms with Crippen LogP contribution in [0.25, 0.3) is 0 Å². The molecule has 4 rings (SSSR count). The minimum atomic E-state index is -3.53. The molecule has 2 nitrogen and oxygen atoms in total. The van der Waals surface area contributed by atoms with Gasteiger partial charge >= 0.3 is 0 Å². The first-order chi connectivity index (χ1) is 8.24. The van der Waals surface area contributed by atoms with E-state index in [-0.39, 0.29) is 16.6 Å². The number of hydrogen-bond donors (Lipinski definition) is 0. The van der Waals surface area contributed by atoms with Gasteiger partial charge in [0.25, 0.3) is 0 Å². The Kier molecular flexibility index (Phi) is 2.37. The number of hydrogen-bond acceptors (Lipinski definition) is 2. The summed E-state index contributed by atoms with van der Waals surface area (Å²) in [5.41, 5.74) is -0.302. The molecule has 0 heterocycles. The average Bonchev–Trinajstić information content (AvgIpc) is 2.12. The van der Waals surface area contributed by atoms with Crippen LogP contribution in [0.1, 0.15) is 24.8 Å². The van der Waals surface area contributed by atoms with Crippen molar-refractivity contribution in [3.05, 3.63) is 35.4 Å². The lowest BCUT2D eigenvalue weighted by Crippen LogP contribution is -2.66. The Labute approximate surface area is 108 Å². The zero-order chi connectivity index (χ0) is 13.2. The van der Waals surface area contributed by atoms with Crippen molar-refractivity contribution in [3.8, 4) is 0 Å². The zero-order valence-corrected chi connectivity index (χ0v) is 11.0. The Bertz CT molecular complexity index is 607. The van der Waals surface area contributed by atoms with Crippen LogP contribution in [0.3, 0.4) is 0 Å². The van der Waals surface area contributed by atoms with E-state index in [1.165, 1.54) is 6.07 Å². The van der Waals surface area contributed by atoms with Gasteiger partial charge in [-0.3, -0.25) is 0 Å². The minimum absolute atomic E-state index is 0.0692. The van der Waals surface area contributed by atoms with Crippen LogP contribution in [0.15, 0.2) is 18.2 Å². The summed E-state index contributed by atoms with van der Waals surface area (Å²) >= 11 is 0. The second-order valence-electron chi connectivity index (χ2n) is 5.62. The van der Waals surface area contributed by atoms with Crippen molar-refractivity contribution in [1.82, 2.24) is 0 Å². The van der Waals surface area contributed by atoms with Crippen molar-refractivity contribution in [1.29, 1.82) is 0 Å². The van der Waals surface area contributed by atoms with Gasteiger partial charge in [-0.25, -0.2) is 17.2 Å². The molecule has 6 heteroatoms. The van der Waals surface area contributed by atoms with E-state index >= 15 is 0 Å². The topological polar surface area (TPSA) is 34.1 Å². The van der Waals surface area contributed by atoms with Crippen molar-refractivity contribution in [3.63, 3.8) is 0 Å². The molecule has 98 valence electrons. The number of rotatable bonds is 3. The quantitative estimate of drug-likeness (QED) is 0.803. The Balaban J connectivity index is 1.82. The predicted molar refractivity (Wildman–Crippen MR) is 64.0 cm³/mol. The van der Waals surface area contributed by atoms with Crippen molar-refractivity contribution >= 4 is 19.7 Å². The van der Waals surface area contributed by atoms with Crippen LogP contribution in [0.5, 0.6) is 0 Å². The SMILES string of the molecule is O=S(=O)(Cl)CC12CC(c3cc(F)ccc3F)(C1)C2. The van der Waals surface area contributed by atoms with Crippen LogP contribution in [0, 0.1) is 17.0 Å².